The van der Waals surface area contributed by atoms with Crippen molar-refractivity contribution in [2.75, 3.05) is 18.5 Å². The fraction of sp³-hybridized carbons (Fsp3) is 0.364. The molecular formula is C22H28ClN3O2. The van der Waals surface area contributed by atoms with Crippen molar-refractivity contribution in [3.05, 3.63) is 64.7 Å². The molecule has 5 nitrogen and oxygen atoms in total. The molecule has 6 heteroatoms. The molecule has 0 radical (unpaired) electrons. The Morgan fingerprint density at radius 1 is 0.964 bits per heavy atom. The van der Waals surface area contributed by atoms with E-state index in [-0.39, 0.29) is 11.9 Å². The van der Waals surface area contributed by atoms with E-state index in [1.165, 1.54) is 0 Å². The van der Waals surface area contributed by atoms with Crippen LogP contribution in [-0.4, -0.2) is 25.5 Å². The van der Waals surface area contributed by atoms with E-state index in [9.17, 15) is 9.59 Å². The van der Waals surface area contributed by atoms with Crippen molar-refractivity contribution in [1.29, 1.82) is 0 Å². The quantitative estimate of drug-likeness (QED) is 0.599. The molecule has 0 heterocycles. The van der Waals surface area contributed by atoms with Crippen LogP contribution >= 0.6 is 11.6 Å². The van der Waals surface area contributed by atoms with Gasteiger partial charge in [-0.05, 0) is 49.1 Å². The number of unbranched alkanes of at least 4 members (excludes halogenated alkanes) is 2. The van der Waals surface area contributed by atoms with Crippen molar-refractivity contribution in [2.45, 2.75) is 39.2 Å². The third-order valence-electron chi connectivity index (χ3n) is 4.57. The average Bonchev–Trinajstić information content (AvgIpc) is 2.69. The van der Waals surface area contributed by atoms with E-state index in [0.29, 0.717) is 24.5 Å². The molecule has 0 saturated carbocycles. The van der Waals surface area contributed by atoms with Gasteiger partial charge in [0.2, 0.25) is 5.91 Å². The van der Waals surface area contributed by atoms with E-state index in [1.807, 2.05) is 50.4 Å². The van der Waals surface area contributed by atoms with Crippen LogP contribution < -0.4 is 15.5 Å². The number of benzene rings is 2. The molecule has 0 fully saturated rings. The summed E-state index contributed by atoms with van der Waals surface area (Å²) in [5.74, 6) is 0.114. The molecule has 0 atom stereocenters. The molecule has 0 aliphatic rings. The molecule has 2 aromatic rings. The number of anilines is 1. The van der Waals surface area contributed by atoms with Gasteiger partial charge in [0.05, 0.1) is 0 Å². The molecule has 0 spiro atoms. The maximum Gasteiger partial charge on any atom is 0.315 e. The molecule has 2 aromatic carbocycles. The van der Waals surface area contributed by atoms with Gasteiger partial charge in [-0.1, -0.05) is 48.4 Å². The average molecular weight is 402 g/mol. The first kappa shape index (κ1) is 21.8. The molecule has 150 valence electrons. The van der Waals surface area contributed by atoms with Crippen molar-refractivity contribution in [1.82, 2.24) is 10.6 Å². The summed E-state index contributed by atoms with van der Waals surface area (Å²) in [4.78, 5) is 25.8. The summed E-state index contributed by atoms with van der Waals surface area (Å²) in [7, 11) is 1.82. The summed E-state index contributed by atoms with van der Waals surface area (Å²) >= 11 is 5.84. The predicted octanol–water partition coefficient (Wildman–Crippen LogP) is 4.67. The summed E-state index contributed by atoms with van der Waals surface area (Å²) in [5.41, 5.74) is 3.04. The minimum atomic E-state index is -0.190. The largest absolute Gasteiger partial charge is 0.338 e. The van der Waals surface area contributed by atoms with Gasteiger partial charge in [0.15, 0.2) is 0 Å². The third kappa shape index (κ3) is 7.24. The lowest BCUT2D eigenvalue weighted by atomic mass is 10.1. The zero-order chi connectivity index (χ0) is 20.4. The molecule has 2 N–H and O–H groups in total. The standard InChI is InChI=1S/C22H28ClN3O2/c1-17-8-5-6-9-20(17)26(2)21(27)10-4-3-7-15-24-22(28)25-16-18-11-13-19(23)14-12-18/h5-6,8-9,11-14H,3-4,7,10,15-16H2,1-2H3,(H2,24,25,28). The lowest BCUT2D eigenvalue weighted by Gasteiger charge is -2.19. The number of nitrogens with one attached hydrogen (secondary N) is 2. The lowest BCUT2D eigenvalue weighted by Crippen LogP contribution is -2.35. The van der Waals surface area contributed by atoms with Gasteiger partial charge in [-0.2, -0.15) is 0 Å². The van der Waals surface area contributed by atoms with Crippen LogP contribution in [0.15, 0.2) is 48.5 Å². The van der Waals surface area contributed by atoms with Gasteiger partial charge in [-0.15, -0.1) is 0 Å². The molecule has 0 saturated heterocycles. The Labute approximate surface area is 172 Å². The molecule has 3 amide bonds. The van der Waals surface area contributed by atoms with Gasteiger partial charge in [-0.3, -0.25) is 4.79 Å². The van der Waals surface area contributed by atoms with E-state index in [4.69, 9.17) is 11.6 Å². The lowest BCUT2D eigenvalue weighted by molar-refractivity contribution is -0.118. The van der Waals surface area contributed by atoms with Crippen molar-refractivity contribution >= 4 is 29.2 Å². The van der Waals surface area contributed by atoms with Gasteiger partial charge in [0.1, 0.15) is 0 Å². The fourth-order valence-electron chi connectivity index (χ4n) is 2.87. The van der Waals surface area contributed by atoms with Crippen molar-refractivity contribution in [2.24, 2.45) is 0 Å². The van der Waals surface area contributed by atoms with Gasteiger partial charge in [0, 0.05) is 37.3 Å². The molecule has 0 bridgehead atoms. The van der Waals surface area contributed by atoms with Crippen molar-refractivity contribution < 1.29 is 9.59 Å². The number of aryl methyl sites for hydroxylation is 1. The number of rotatable bonds is 9. The Bertz CT molecular complexity index is 778. The molecule has 0 unspecified atom stereocenters. The number of urea groups is 1. The van der Waals surface area contributed by atoms with Crippen LogP contribution in [0.4, 0.5) is 10.5 Å². The highest BCUT2D eigenvalue weighted by Gasteiger charge is 2.12. The van der Waals surface area contributed by atoms with E-state index < -0.39 is 0 Å². The van der Waals surface area contributed by atoms with Crippen molar-refractivity contribution in [3.8, 4) is 0 Å². The zero-order valence-electron chi connectivity index (χ0n) is 16.5. The van der Waals surface area contributed by atoms with Gasteiger partial charge < -0.3 is 15.5 Å². The zero-order valence-corrected chi connectivity index (χ0v) is 17.3. The van der Waals surface area contributed by atoms with Crippen LogP contribution in [0.25, 0.3) is 0 Å². The Morgan fingerprint density at radius 3 is 2.39 bits per heavy atom. The first-order valence-electron chi connectivity index (χ1n) is 9.55. The van der Waals surface area contributed by atoms with Crippen LogP contribution in [0, 0.1) is 6.92 Å². The van der Waals surface area contributed by atoms with E-state index in [0.717, 1.165) is 36.1 Å². The second-order valence-electron chi connectivity index (χ2n) is 6.79. The van der Waals surface area contributed by atoms with E-state index in [1.54, 1.807) is 17.0 Å². The van der Waals surface area contributed by atoms with Crippen LogP contribution in [0.2, 0.25) is 5.02 Å². The topological polar surface area (TPSA) is 61.4 Å². The maximum atomic E-state index is 12.3. The summed E-state index contributed by atoms with van der Waals surface area (Å²) < 4.78 is 0. The first-order valence-corrected chi connectivity index (χ1v) is 9.93. The number of halogens is 1. The monoisotopic (exact) mass is 401 g/mol. The number of amides is 3. The molecule has 2 rings (SSSR count). The van der Waals surface area contributed by atoms with Crippen molar-refractivity contribution in [3.63, 3.8) is 0 Å². The SMILES string of the molecule is Cc1ccccc1N(C)C(=O)CCCCCNC(=O)NCc1ccc(Cl)cc1. The number of carbonyl (C=O) groups is 2. The summed E-state index contributed by atoms with van der Waals surface area (Å²) in [6, 6.07) is 15.0. The summed E-state index contributed by atoms with van der Waals surface area (Å²) in [6.07, 6.45) is 3.05. The highest BCUT2D eigenvalue weighted by Crippen LogP contribution is 2.19. The first-order chi connectivity index (χ1) is 13.5. The Kier molecular flexibility index (Phi) is 8.82. The summed E-state index contributed by atoms with van der Waals surface area (Å²) in [6.45, 7) is 3.06. The minimum absolute atomic E-state index is 0.114. The minimum Gasteiger partial charge on any atom is -0.338 e. The number of carbonyl (C=O) groups excluding carboxylic acids is 2. The normalized spacial score (nSPS) is 10.4. The number of hydrogen-bond acceptors (Lipinski definition) is 2. The van der Waals surface area contributed by atoms with Crippen LogP contribution in [-0.2, 0) is 11.3 Å². The predicted molar refractivity (Wildman–Crippen MR) is 115 cm³/mol. The van der Waals surface area contributed by atoms with E-state index >= 15 is 0 Å². The number of para-hydroxylation sites is 1. The van der Waals surface area contributed by atoms with Crippen LogP contribution in [0.5, 0.6) is 0 Å². The summed E-state index contributed by atoms with van der Waals surface area (Å²) in [5, 5.41) is 6.33. The number of hydrogen-bond donors (Lipinski definition) is 2. The fourth-order valence-corrected chi connectivity index (χ4v) is 2.99. The molecule has 0 aromatic heterocycles. The highest BCUT2D eigenvalue weighted by atomic mass is 35.5. The van der Waals surface area contributed by atoms with Crippen LogP contribution in [0.1, 0.15) is 36.8 Å². The molecular weight excluding hydrogens is 374 g/mol. The second-order valence-corrected chi connectivity index (χ2v) is 7.22. The van der Waals surface area contributed by atoms with Gasteiger partial charge in [-0.25, -0.2) is 4.79 Å². The maximum absolute atomic E-state index is 12.3. The molecule has 0 aliphatic heterocycles. The molecule has 0 aliphatic carbocycles. The van der Waals surface area contributed by atoms with Gasteiger partial charge in [0.25, 0.3) is 0 Å². The van der Waals surface area contributed by atoms with E-state index in [2.05, 4.69) is 10.6 Å². The smallest absolute Gasteiger partial charge is 0.315 e. The van der Waals surface area contributed by atoms with Gasteiger partial charge >= 0.3 is 6.03 Å². The Hall–Kier alpha value is -2.53. The number of nitrogens with zero attached hydrogens (tertiary/aromatic N) is 1. The Morgan fingerprint density at radius 2 is 1.68 bits per heavy atom. The highest BCUT2D eigenvalue weighted by molar-refractivity contribution is 6.30. The Balaban J connectivity index is 1.56. The third-order valence-corrected chi connectivity index (χ3v) is 4.82. The van der Waals surface area contributed by atoms with Crippen LogP contribution in [0.3, 0.4) is 0 Å². The molecule has 28 heavy (non-hydrogen) atoms. The second kappa shape index (κ2) is 11.3.